The maximum Gasteiger partial charge on any atom is 0.264 e. The Kier molecular flexibility index (Phi) is 6.35. The van der Waals surface area contributed by atoms with Gasteiger partial charge in [-0.2, -0.15) is 0 Å². The van der Waals surface area contributed by atoms with Crippen molar-refractivity contribution >= 4 is 45.0 Å². The van der Waals surface area contributed by atoms with Crippen LogP contribution in [0.15, 0.2) is 40.2 Å². The van der Waals surface area contributed by atoms with E-state index >= 15 is 0 Å². The number of carbonyl (C=O) groups excluding carboxylic acids is 3. The van der Waals surface area contributed by atoms with Crippen LogP contribution in [0.4, 0.5) is 0 Å². The molecule has 1 aliphatic rings. The summed E-state index contributed by atoms with van der Waals surface area (Å²) >= 11 is 4.65. The average molecular weight is 466 g/mol. The molecular formula is C19H20BrN3O4S. The first kappa shape index (κ1) is 20.3. The van der Waals surface area contributed by atoms with E-state index in [-0.39, 0.29) is 35.6 Å². The molecule has 0 saturated carbocycles. The first-order valence-corrected chi connectivity index (χ1v) is 10.3. The maximum atomic E-state index is 12.5. The molecular weight excluding hydrogens is 446 g/mol. The quantitative estimate of drug-likeness (QED) is 0.750. The van der Waals surface area contributed by atoms with E-state index in [1.165, 1.54) is 22.3 Å². The number of hydrogen-bond donors (Lipinski definition) is 1. The highest BCUT2D eigenvalue weighted by Crippen LogP contribution is 2.23. The molecule has 1 saturated heterocycles. The van der Waals surface area contributed by atoms with Crippen LogP contribution in [0.3, 0.4) is 0 Å². The summed E-state index contributed by atoms with van der Waals surface area (Å²) in [4.78, 5) is 42.7. The Hall–Kier alpha value is -2.39. The van der Waals surface area contributed by atoms with Crippen molar-refractivity contribution < 1.29 is 19.5 Å². The first-order chi connectivity index (χ1) is 13.4. The predicted octanol–water partition coefficient (Wildman–Crippen LogP) is 2.27. The van der Waals surface area contributed by atoms with E-state index in [1.807, 2.05) is 0 Å². The fourth-order valence-corrected chi connectivity index (χ4v) is 4.36. The van der Waals surface area contributed by atoms with Crippen molar-refractivity contribution in [3.63, 3.8) is 0 Å². The van der Waals surface area contributed by atoms with Gasteiger partial charge in [-0.1, -0.05) is 12.1 Å². The third-order valence-corrected chi connectivity index (χ3v) is 6.17. The average Bonchev–Trinajstić information content (AvgIpc) is 3.13. The number of halogens is 1. The molecule has 0 aliphatic carbocycles. The number of benzene rings is 1. The van der Waals surface area contributed by atoms with E-state index in [0.717, 1.165) is 3.79 Å². The molecule has 2 aromatic rings. The SMILES string of the molecule is CN(CC(=O)N1CCN(C(=O)c2ccccc2O)CC1)C(=O)c1ccc(Br)s1. The summed E-state index contributed by atoms with van der Waals surface area (Å²) in [5, 5.41) is 9.85. The Morgan fingerprint density at radius 1 is 1.07 bits per heavy atom. The molecule has 148 valence electrons. The number of nitrogens with zero attached hydrogens (tertiary/aromatic N) is 3. The number of likely N-dealkylation sites (N-methyl/N-ethyl adjacent to an activating group) is 1. The number of amides is 3. The molecule has 1 aromatic carbocycles. The second kappa shape index (κ2) is 8.74. The summed E-state index contributed by atoms with van der Waals surface area (Å²) in [6.45, 7) is 1.54. The summed E-state index contributed by atoms with van der Waals surface area (Å²) in [6, 6.07) is 9.95. The lowest BCUT2D eigenvalue weighted by molar-refractivity contribution is -0.133. The first-order valence-electron chi connectivity index (χ1n) is 8.72. The number of phenolic OH excluding ortho intramolecular Hbond substituents is 1. The van der Waals surface area contributed by atoms with Crippen LogP contribution in [0.1, 0.15) is 20.0 Å². The fourth-order valence-electron chi connectivity index (χ4n) is 2.98. The van der Waals surface area contributed by atoms with Crippen LogP contribution in [0.25, 0.3) is 0 Å². The van der Waals surface area contributed by atoms with Gasteiger partial charge in [0.05, 0.1) is 20.8 Å². The zero-order valence-corrected chi connectivity index (χ0v) is 17.7. The standard InChI is InChI=1S/C19H20BrN3O4S/c1-21(19(27)15-6-7-16(20)28-15)12-17(25)22-8-10-23(11-9-22)18(26)13-4-2-3-5-14(13)24/h2-7,24H,8-12H2,1H3. The van der Waals surface area contributed by atoms with Gasteiger partial charge in [0.1, 0.15) is 5.75 Å². The van der Waals surface area contributed by atoms with E-state index in [1.54, 1.807) is 47.2 Å². The summed E-state index contributed by atoms with van der Waals surface area (Å²) < 4.78 is 0.862. The Morgan fingerprint density at radius 3 is 2.32 bits per heavy atom. The molecule has 0 unspecified atom stereocenters. The third kappa shape index (κ3) is 4.53. The van der Waals surface area contributed by atoms with E-state index in [0.29, 0.717) is 31.1 Å². The molecule has 0 bridgehead atoms. The molecule has 1 fully saturated rings. The summed E-state index contributed by atoms with van der Waals surface area (Å²) in [6.07, 6.45) is 0. The summed E-state index contributed by atoms with van der Waals surface area (Å²) in [5.74, 6) is -0.648. The smallest absolute Gasteiger partial charge is 0.264 e. The van der Waals surface area contributed by atoms with Crippen molar-refractivity contribution in [3.8, 4) is 5.75 Å². The minimum absolute atomic E-state index is 0.0121. The highest BCUT2D eigenvalue weighted by atomic mass is 79.9. The third-order valence-electron chi connectivity index (χ3n) is 4.56. The fraction of sp³-hybridized carbons (Fsp3) is 0.316. The summed E-state index contributed by atoms with van der Waals surface area (Å²) in [5.41, 5.74) is 0.259. The molecule has 1 N–H and O–H groups in total. The van der Waals surface area contributed by atoms with Crippen molar-refractivity contribution in [1.29, 1.82) is 0 Å². The number of hydrogen-bond acceptors (Lipinski definition) is 5. The Morgan fingerprint density at radius 2 is 1.71 bits per heavy atom. The zero-order chi connectivity index (χ0) is 20.3. The molecule has 28 heavy (non-hydrogen) atoms. The highest BCUT2D eigenvalue weighted by Gasteiger charge is 2.27. The lowest BCUT2D eigenvalue weighted by atomic mass is 10.1. The molecule has 9 heteroatoms. The Labute approximate surface area is 175 Å². The number of phenols is 1. The predicted molar refractivity (Wildman–Crippen MR) is 110 cm³/mol. The summed E-state index contributed by atoms with van der Waals surface area (Å²) in [7, 11) is 1.60. The van der Waals surface area contributed by atoms with Gasteiger partial charge in [-0.3, -0.25) is 14.4 Å². The molecule has 3 amide bonds. The number of rotatable bonds is 4. The second-order valence-corrected chi connectivity index (χ2v) is 8.92. The number of carbonyl (C=O) groups is 3. The van der Waals surface area contributed by atoms with Crippen LogP contribution in [-0.4, -0.2) is 77.3 Å². The molecule has 3 rings (SSSR count). The van der Waals surface area contributed by atoms with Gasteiger partial charge in [0.15, 0.2) is 0 Å². The molecule has 7 nitrogen and oxygen atoms in total. The molecule has 0 radical (unpaired) electrons. The lowest BCUT2D eigenvalue weighted by Gasteiger charge is -2.35. The highest BCUT2D eigenvalue weighted by molar-refractivity contribution is 9.11. The Bertz CT molecular complexity index is 893. The van der Waals surface area contributed by atoms with Gasteiger partial charge in [-0.05, 0) is 40.2 Å². The molecule has 0 spiro atoms. The van der Waals surface area contributed by atoms with Crippen molar-refractivity contribution in [3.05, 3.63) is 50.6 Å². The van der Waals surface area contributed by atoms with E-state index in [2.05, 4.69) is 15.9 Å². The normalized spacial score (nSPS) is 14.1. The maximum absolute atomic E-state index is 12.5. The van der Waals surface area contributed by atoms with Crippen molar-refractivity contribution in [2.45, 2.75) is 0 Å². The van der Waals surface area contributed by atoms with Crippen molar-refractivity contribution in [2.75, 3.05) is 39.8 Å². The van der Waals surface area contributed by atoms with Gasteiger partial charge in [0, 0.05) is 33.2 Å². The number of aromatic hydroxyl groups is 1. The monoisotopic (exact) mass is 465 g/mol. The van der Waals surface area contributed by atoms with Crippen LogP contribution >= 0.6 is 27.3 Å². The largest absolute Gasteiger partial charge is 0.507 e. The van der Waals surface area contributed by atoms with Crippen LogP contribution in [0.5, 0.6) is 5.75 Å². The van der Waals surface area contributed by atoms with Crippen molar-refractivity contribution in [2.24, 2.45) is 0 Å². The van der Waals surface area contributed by atoms with E-state index in [9.17, 15) is 19.5 Å². The minimum atomic E-state index is -0.249. The van der Waals surface area contributed by atoms with E-state index in [4.69, 9.17) is 0 Å². The van der Waals surface area contributed by atoms with Gasteiger partial charge in [-0.25, -0.2) is 0 Å². The van der Waals surface area contributed by atoms with Gasteiger partial charge in [0.25, 0.3) is 11.8 Å². The van der Waals surface area contributed by atoms with Gasteiger partial charge in [-0.15, -0.1) is 11.3 Å². The van der Waals surface area contributed by atoms with Crippen LogP contribution in [0, 0.1) is 0 Å². The van der Waals surface area contributed by atoms with Crippen LogP contribution < -0.4 is 0 Å². The Balaban J connectivity index is 1.53. The van der Waals surface area contributed by atoms with Crippen LogP contribution in [-0.2, 0) is 4.79 Å². The number of thiophene rings is 1. The van der Waals surface area contributed by atoms with Gasteiger partial charge in [0.2, 0.25) is 5.91 Å². The zero-order valence-electron chi connectivity index (χ0n) is 15.3. The molecule has 0 atom stereocenters. The van der Waals surface area contributed by atoms with Gasteiger partial charge >= 0.3 is 0 Å². The lowest BCUT2D eigenvalue weighted by Crippen LogP contribution is -2.52. The second-order valence-electron chi connectivity index (χ2n) is 6.46. The van der Waals surface area contributed by atoms with Crippen molar-refractivity contribution in [1.82, 2.24) is 14.7 Å². The molecule has 1 aromatic heterocycles. The number of para-hydroxylation sites is 1. The van der Waals surface area contributed by atoms with Crippen LogP contribution in [0.2, 0.25) is 0 Å². The number of piperazine rings is 1. The minimum Gasteiger partial charge on any atom is -0.507 e. The van der Waals surface area contributed by atoms with Gasteiger partial charge < -0.3 is 19.8 Å². The topological polar surface area (TPSA) is 81.2 Å². The molecule has 2 heterocycles. The molecule has 1 aliphatic heterocycles. The van der Waals surface area contributed by atoms with E-state index < -0.39 is 0 Å².